The second-order valence-electron chi connectivity index (χ2n) is 7.26. The Labute approximate surface area is 152 Å². The minimum absolute atomic E-state index is 0.0828. The van der Waals surface area contributed by atoms with E-state index in [0.717, 1.165) is 23.4 Å². The maximum Gasteiger partial charge on any atom is 0.242 e. The van der Waals surface area contributed by atoms with Gasteiger partial charge in [-0.3, -0.25) is 4.79 Å². The van der Waals surface area contributed by atoms with Crippen molar-refractivity contribution >= 4 is 11.7 Å². The van der Waals surface area contributed by atoms with Crippen molar-refractivity contribution in [2.75, 3.05) is 12.3 Å². The first-order valence-corrected chi connectivity index (χ1v) is 9.02. The second kappa shape index (κ2) is 6.64. The number of aromatic nitrogens is 2. The molecule has 4 rings (SSSR count). The number of anilines is 1. The van der Waals surface area contributed by atoms with E-state index in [1.54, 1.807) is 6.07 Å². The molecule has 26 heavy (non-hydrogen) atoms. The van der Waals surface area contributed by atoms with Crippen LogP contribution in [-0.2, 0) is 17.8 Å². The second-order valence-corrected chi connectivity index (χ2v) is 7.26. The predicted octanol–water partition coefficient (Wildman–Crippen LogP) is 1.34. The number of nitrogens with zero attached hydrogens (tertiary/aromatic N) is 2. The molecule has 0 bridgehead atoms. The average Bonchev–Trinajstić information content (AvgIpc) is 3.15. The number of rotatable bonds is 5. The number of aryl methyl sites for hydroxylation is 1. The molecule has 0 spiro atoms. The number of hydrogen-bond donors (Lipinski definition) is 3. The number of nitrogens with two attached hydrogens (primary N) is 1. The number of nitrogen functional groups attached to an aromatic ring is 1. The molecule has 7 heteroatoms. The zero-order chi connectivity index (χ0) is 18.3. The molecule has 1 aliphatic heterocycles. The molecule has 0 unspecified atom stereocenters. The standard InChI is InChI=1S/C19H24N4O3/c1-11-6-17(20)23(22-11)10-18(25)21-19(14-8-15(24)9-14)13-2-3-16-12(7-13)4-5-26-16/h2-3,6-7,14-15,19,24H,4-5,8-10,20H2,1H3,(H,21,25)/t14?,15?,19-/m1/s1. The lowest BCUT2D eigenvalue weighted by molar-refractivity contribution is -0.123. The van der Waals surface area contributed by atoms with Gasteiger partial charge in [-0.05, 0) is 48.9 Å². The van der Waals surface area contributed by atoms with Gasteiger partial charge in [0.25, 0.3) is 0 Å². The van der Waals surface area contributed by atoms with E-state index in [1.165, 1.54) is 10.2 Å². The smallest absolute Gasteiger partial charge is 0.242 e. The van der Waals surface area contributed by atoms with Gasteiger partial charge in [0, 0.05) is 12.5 Å². The van der Waals surface area contributed by atoms with Gasteiger partial charge in [0.2, 0.25) is 5.91 Å². The van der Waals surface area contributed by atoms with Crippen molar-refractivity contribution in [2.24, 2.45) is 5.92 Å². The number of carbonyl (C=O) groups excluding carboxylic acids is 1. The third-order valence-electron chi connectivity index (χ3n) is 5.24. The fourth-order valence-electron chi connectivity index (χ4n) is 3.82. The molecule has 4 N–H and O–H groups in total. The zero-order valence-corrected chi connectivity index (χ0v) is 14.8. The first-order valence-electron chi connectivity index (χ1n) is 9.02. The largest absolute Gasteiger partial charge is 0.493 e. The lowest BCUT2D eigenvalue weighted by atomic mass is 9.75. The number of amides is 1. The van der Waals surface area contributed by atoms with Gasteiger partial charge in [-0.25, -0.2) is 4.68 Å². The molecule has 1 aromatic carbocycles. The van der Waals surface area contributed by atoms with E-state index in [-0.39, 0.29) is 30.5 Å². The molecule has 2 heterocycles. The molecule has 1 aromatic heterocycles. The molecular weight excluding hydrogens is 332 g/mol. The number of aliphatic hydroxyl groups excluding tert-OH is 1. The highest BCUT2D eigenvalue weighted by Gasteiger charge is 2.36. The lowest BCUT2D eigenvalue weighted by Gasteiger charge is -2.38. The topological polar surface area (TPSA) is 102 Å². The van der Waals surface area contributed by atoms with Crippen LogP contribution in [0.3, 0.4) is 0 Å². The summed E-state index contributed by atoms with van der Waals surface area (Å²) in [6.45, 7) is 2.63. The van der Waals surface area contributed by atoms with Crippen LogP contribution in [-0.4, -0.2) is 33.5 Å². The van der Waals surface area contributed by atoms with Crippen LogP contribution >= 0.6 is 0 Å². The van der Waals surface area contributed by atoms with Gasteiger partial charge in [0.1, 0.15) is 18.1 Å². The third-order valence-corrected chi connectivity index (χ3v) is 5.24. The number of nitrogens with one attached hydrogen (secondary N) is 1. The summed E-state index contributed by atoms with van der Waals surface area (Å²) in [6.07, 6.45) is 2.00. The van der Waals surface area contributed by atoms with E-state index >= 15 is 0 Å². The van der Waals surface area contributed by atoms with Gasteiger partial charge in [-0.15, -0.1) is 0 Å². The summed E-state index contributed by atoms with van der Waals surface area (Å²) in [5.41, 5.74) is 8.90. The third kappa shape index (κ3) is 3.26. The van der Waals surface area contributed by atoms with Crippen molar-refractivity contribution < 1.29 is 14.6 Å². The highest BCUT2D eigenvalue weighted by Crippen LogP contribution is 2.39. The molecule has 1 saturated carbocycles. The Morgan fingerprint density at radius 1 is 1.46 bits per heavy atom. The number of carbonyl (C=O) groups is 1. The molecule has 2 aromatic rings. The van der Waals surface area contributed by atoms with E-state index in [4.69, 9.17) is 10.5 Å². The van der Waals surface area contributed by atoms with Crippen molar-refractivity contribution in [3.8, 4) is 5.75 Å². The Morgan fingerprint density at radius 2 is 2.27 bits per heavy atom. The number of aliphatic hydroxyl groups is 1. The van der Waals surface area contributed by atoms with Crippen LogP contribution in [0.1, 0.15) is 35.7 Å². The Bertz CT molecular complexity index is 826. The van der Waals surface area contributed by atoms with E-state index in [9.17, 15) is 9.90 Å². The summed E-state index contributed by atoms with van der Waals surface area (Å²) < 4.78 is 7.08. The number of fused-ring (bicyclic) bond motifs is 1. The summed E-state index contributed by atoms with van der Waals surface area (Å²) in [7, 11) is 0. The molecule has 1 aliphatic carbocycles. The Kier molecular flexibility index (Phi) is 4.32. The fraction of sp³-hybridized carbons (Fsp3) is 0.474. The fourth-order valence-corrected chi connectivity index (χ4v) is 3.82. The van der Waals surface area contributed by atoms with Crippen LogP contribution in [0.2, 0.25) is 0 Å². The Morgan fingerprint density at radius 3 is 2.96 bits per heavy atom. The molecule has 1 atom stereocenters. The Hall–Kier alpha value is -2.54. The van der Waals surface area contributed by atoms with Crippen LogP contribution in [0.25, 0.3) is 0 Å². The summed E-state index contributed by atoms with van der Waals surface area (Å²) in [4.78, 5) is 12.6. The SMILES string of the molecule is Cc1cc(N)n(CC(=O)N[C@H](c2ccc3c(c2)CCO3)C2CC(O)C2)n1. The summed E-state index contributed by atoms with van der Waals surface area (Å²) >= 11 is 0. The quantitative estimate of drug-likeness (QED) is 0.750. The average molecular weight is 356 g/mol. The highest BCUT2D eigenvalue weighted by atomic mass is 16.5. The predicted molar refractivity (Wildman–Crippen MR) is 96.6 cm³/mol. The molecule has 7 nitrogen and oxygen atoms in total. The van der Waals surface area contributed by atoms with Crippen molar-refractivity contribution in [2.45, 2.75) is 44.9 Å². The minimum Gasteiger partial charge on any atom is -0.493 e. The molecule has 138 valence electrons. The molecule has 0 saturated heterocycles. The molecule has 1 amide bonds. The van der Waals surface area contributed by atoms with Crippen LogP contribution in [0, 0.1) is 12.8 Å². The zero-order valence-electron chi connectivity index (χ0n) is 14.8. The minimum atomic E-state index is -0.276. The van der Waals surface area contributed by atoms with Crippen molar-refractivity contribution in [1.82, 2.24) is 15.1 Å². The van der Waals surface area contributed by atoms with Gasteiger partial charge < -0.3 is 20.9 Å². The van der Waals surface area contributed by atoms with Crippen molar-refractivity contribution in [3.63, 3.8) is 0 Å². The molecular formula is C19H24N4O3. The van der Waals surface area contributed by atoms with E-state index in [0.29, 0.717) is 25.3 Å². The van der Waals surface area contributed by atoms with Gasteiger partial charge in [-0.2, -0.15) is 5.10 Å². The molecule has 1 fully saturated rings. The Balaban J connectivity index is 1.52. The number of hydrogen-bond acceptors (Lipinski definition) is 5. The van der Waals surface area contributed by atoms with Gasteiger partial charge >= 0.3 is 0 Å². The van der Waals surface area contributed by atoms with Crippen LogP contribution in [0.15, 0.2) is 24.3 Å². The lowest BCUT2D eigenvalue weighted by Crippen LogP contribution is -2.42. The van der Waals surface area contributed by atoms with Gasteiger partial charge in [0.15, 0.2) is 0 Å². The van der Waals surface area contributed by atoms with Gasteiger partial charge in [-0.1, -0.05) is 6.07 Å². The van der Waals surface area contributed by atoms with Crippen LogP contribution in [0.5, 0.6) is 5.75 Å². The summed E-state index contributed by atoms with van der Waals surface area (Å²) in [5.74, 6) is 1.49. The highest BCUT2D eigenvalue weighted by molar-refractivity contribution is 5.76. The summed E-state index contributed by atoms with van der Waals surface area (Å²) in [5, 5.41) is 17.1. The van der Waals surface area contributed by atoms with E-state index in [1.807, 2.05) is 19.1 Å². The number of benzene rings is 1. The first-order chi connectivity index (χ1) is 12.5. The first kappa shape index (κ1) is 16.9. The van der Waals surface area contributed by atoms with Crippen molar-refractivity contribution in [1.29, 1.82) is 0 Å². The van der Waals surface area contributed by atoms with Crippen LogP contribution in [0.4, 0.5) is 5.82 Å². The molecule has 2 aliphatic rings. The summed E-state index contributed by atoms with van der Waals surface area (Å²) in [6, 6.07) is 7.71. The normalized spacial score (nSPS) is 22.2. The van der Waals surface area contributed by atoms with E-state index in [2.05, 4.69) is 16.5 Å². The monoisotopic (exact) mass is 356 g/mol. The van der Waals surface area contributed by atoms with E-state index < -0.39 is 0 Å². The van der Waals surface area contributed by atoms with Crippen molar-refractivity contribution in [3.05, 3.63) is 41.1 Å². The maximum absolute atomic E-state index is 12.6. The molecule has 0 radical (unpaired) electrons. The van der Waals surface area contributed by atoms with Crippen LogP contribution < -0.4 is 15.8 Å². The van der Waals surface area contributed by atoms with Gasteiger partial charge in [0.05, 0.1) is 24.4 Å². The number of ether oxygens (including phenoxy) is 1. The maximum atomic E-state index is 12.6.